The molecule has 0 amide bonds. The Morgan fingerprint density at radius 2 is 2.00 bits per heavy atom. The number of fused-ring (bicyclic) bond motifs is 2. The Bertz CT molecular complexity index is 1110. The molecule has 150 valence electrons. The van der Waals surface area contributed by atoms with E-state index in [2.05, 4.69) is 15.3 Å². The Balaban J connectivity index is 1.70. The number of H-pyrrole nitrogens is 1. The second-order valence-electron chi connectivity index (χ2n) is 7.64. The summed E-state index contributed by atoms with van der Waals surface area (Å²) in [6.07, 6.45) is 2.05. The minimum atomic E-state index is -0.474. The molecule has 1 aliphatic carbocycles. The maximum Gasteiger partial charge on any atom is 0.257 e. The van der Waals surface area contributed by atoms with Crippen LogP contribution in [-0.2, 0) is 4.79 Å². The van der Waals surface area contributed by atoms with Crippen LogP contribution in [0, 0.1) is 0 Å². The highest BCUT2D eigenvalue weighted by atomic mass is 32.2. The van der Waals surface area contributed by atoms with Gasteiger partial charge in [-0.2, -0.15) is 0 Å². The molecular formula is C21H21N3O4S. The van der Waals surface area contributed by atoms with E-state index >= 15 is 0 Å². The largest absolute Gasteiger partial charge is 0.454 e. The smallest absolute Gasteiger partial charge is 0.257 e. The van der Waals surface area contributed by atoms with E-state index < -0.39 is 5.92 Å². The van der Waals surface area contributed by atoms with Crippen molar-refractivity contribution in [1.82, 2.24) is 9.97 Å². The van der Waals surface area contributed by atoms with Crippen molar-refractivity contribution in [3.05, 3.63) is 50.9 Å². The monoisotopic (exact) mass is 411 g/mol. The number of Topliss-reactive ketones (excluding diaryl/α,β-unsaturated/α-hetero) is 1. The summed E-state index contributed by atoms with van der Waals surface area (Å²) in [7, 11) is 0. The Hall–Kier alpha value is -2.74. The molecule has 0 fully saturated rings. The Labute approximate surface area is 171 Å². The third-order valence-electron chi connectivity index (χ3n) is 5.31. The summed E-state index contributed by atoms with van der Waals surface area (Å²) in [6, 6.07) is 5.60. The van der Waals surface area contributed by atoms with Crippen LogP contribution in [0.4, 0.5) is 5.82 Å². The fraction of sp³-hybridized carbons (Fsp3) is 0.381. The molecule has 1 unspecified atom stereocenters. The van der Waals surface area contributed by atoms with Gasteiger partial charge in [-0.05, 0) is 30.5 Å². The molecule has 2 aromatic rings. The number of anilines is 1. The van der Waals surface area contributed by atoms with Crippen molar-refractivity contribution in [2.75, 3.05) is 12.1 Å². The van der Waals surface area contributed by atoms with Crippen molar-refractivity contribution in [2.45, 2.75) is 49.4 Å². The SMILES string of the molecule is CC(C)Sc1nc2c(c(=O)[nH]1)C(c1ccc3c(c1)OCO3)C1=C(CCCC1=O)N2. The molecule has 0 saturated heterocycles. The first-order valence-electron chi connectivity index (χ1n) is 9.75. The predicted molar refractivity (Wildman–Crippen MR) is 110 cm³/mol. The lowest BCUT2D eigenvalue weighted by atomic mass is 9.76. The molecule has 8 heteroatoms. The maximum absolute atomic E-state index is 13.1. The number of aromatic nitrogens is 2. The van der Waals surface area contributed by atoms with Gasteiger partial charge >= 0.3 is 0 Å². The summed E-state index contributed by atoms with van der Waals surface area (Å²) >= 11 is 1.50. The molecule has 0 spiro atoms. The molecule has 2 N–H and O–H groups in total. The summed E-state index contributed by atoms with van der Waals surface area (Å²) in [5.41, 5.74) is 2.62. The van der Waals surface area contributed by atoms with Gasteiger partial charge in [-0.1, -0.05) is 31.7 Å². The molecule has 2 aliphatic heterocycles. The number of ketones is 1. The van der Waals surface area contributed by atoms with Gasteiger partial charge in [0.05, 0.1) is 5.56 Å². The van der Waals surface area contributed by atoms with Crippen LogP contribution >= 0.6 is 11.8 Å². The van der Waals surface area contributed by atoms with E-state index in [9.17, 15) is 9.59 Å². The molecule has 1 aromatic carbocycles. The van der Waals surface area contributed by atoms with Gasteiger partial charge in [0, 0.05) is 28.9 Å². The number of hydrogen-bond acceptors (Lipinski definition) is 7. The molecule has 3 aliphatic rings. The minimum Gasteiger partial charge on any atom is -0.454 e. The number of allylic oxidation sites excluding steroid dienone is 2. The number of rotatable bonds is 3. The first-order valence-corrected chi connectivity index (χ1v) is 10.6. The van der Waals surface area contributed by atoms with Crippen LogP contribution in [0.5, 0.6) is 11.5 Å². The van der Waals surface area contributed by atoms with E-state index in [0.29, 0.717) is 40.0 Å². The standard InChI is InChI=1S/C21H21N3O4S/c1-10(2)29-21-23-19-18(20(26)24-21)16(17-12(22-19)4-3-5-13(17)25)11-6-7-14-15(8-11)28-9-27-14/h6-8,10,16H,3-5,9H2,1-2H3,(H2,22,23,24,26). The molecule has 1 aromatic heterocycles. The summed E-state index contributed by atoms with van der Waals surface area (Å²) in [5, 5.41) is 4.16. The average Bonchev–Trinajstić information content (AvgIpc) is 3.14. The fourth-order valence-corrected chi connectivity index (χ4v) is 4.89. The molecule has 0 saturated carbocycles. The number of benzene rings is 1. The molecule has 29 heavy (non-hydrogen) atoms. The second kappa shape index (κ2) is 6.95. The van der Waals surface area contributed by atoms with Crippen LogP contribution in [0.2, 0.25) is 0 Å². The topological polar surface area (TPSA) is 93.3 Å². The third kappa shape index (κ3) is 3.11. The lowest BCUT2D eigenvalue weighted by Gasteiger charge is -2.32. The number of ether oxygens (including phenoxy) is 2. The molecule has 5 rings (SSSR count). The second-order valence-corrected chi connectivity index (χ2v) is 9.20. The number of hydrogen-bond donors (Lipinski definition) is 2. The van der Waals surface area contributed by atoms with Gasteiger partial charge in [-0.3, -0.25) is 9.59 Å². The number of thioether (sulfide) groups is 1. The highest BCUT2D eigenvalue weighted by molar-refractivity contribution is 7.99. The van der Waals surface area contributed by atoms with Crippen molar-refractivity contribution in [3.8, 4) is 11.5 Å². The average molecular weight is 411 g/mol. The van der Waals surface area contributed by atoms with Crippen LogP contribution in [0.3, 0.4) is 0 Å². The quantitative estimate of drug-likeness (QED) is 0.589. The summed E-state index contributed by atoms with van der Waals surface area (Å²) < 4.78 is 10.9. The zero-order valence-corrected chi connectivity index (χ0v) is 17.0. The Morgan fingerprint density at radius 1 is 1.17 bits per heavy atom. The van der Waals surface area contributed by atoms with Gasteiger partial charge in [0.1, 0.15) is 5.82 Å². The van der Waals surface area contributed by atoms with Crippen molar-refractivity contribution in [2.24, 2.45) is 0 Å². The molecule has 0 bridgehead atoms. The zero-order chi connectivity index (χ0) is 20.1. The lowest BCUT2D eigenvalue weighted by Crippen LogP contribution is -2.32. The van der Waals surface area contributed by atoms with Crippen LogP contribution in [0.1, 0.15) is 50.2 Å². The summed E-state index contributed by atoms with van der Waals surface area (Å²) in [6.45, 7) is 4.27. The number of nitrogens with one attached hydrogen (secondary N) is 2. The van der Waals surface area contributed by atoms with Gasteiger partial charge < -0.3 is 19.8 Å². The van der Waals surface area contributed by atoms with E-state index in [4.69, 9.17) is 9.47 Å². The summed E-state index contributed by atoms with van der Waals surface area (Å²) in [4.78, 5) is 33.6. The minimum absolute atomic E-state index is 0.0760. The summed E-state index contributed by atoms with van der Waals surface area (Å²) in [5.74, 6) is 1.44. The van der Waals surface area contributed by atoms with Crippen LogP contribution in [0.15, 0.2) is 39.4 Å². The highest BCUT2D eigenvalue weighted by Crippen LogP contribution is 2.45. The van der Waals surface area contributed by atoms with Crippen molar-refractivity contribution < 1.29 is 14.3 Å². The van der Waals surface area contributed by atoms with E-state index in [1.54, 1.807) is 0 Å². The van der Waals surface area contributed by atoms with Crippen LogP contribution in [0.25, 0.3) is 0 Å². The predicted octanol–water partition coefficient (Wildman–Crippen LogP) is 3.56. The molecule has 0 radical (unpaired) electrons. The highest BCUT2D eigenvalue weighted by Gasteiger charge is 2.38. The zero-order valence-electron chi connectivity index (χ0n) is 16.2. The van der Waals surface area contributed by atoms with Gasteiger partial charge in [0.25, 0.3) is 5.56 Å². The fourth-order valence-electron chi connectivity index (χ4n) is 4.15. The van der Waals surface area contributed by atoms with Gasteiger partial charge in [0.15, 0.2) is 22.4 Å². The number of carbonyl (C=O) groups excluding carboxylic acids is 1. The van der Waals surface area contributed by atoms with Gasteiger partial charge in [-0.15, -0.1) is 0 Å². The molecular weight excluding hydrogens is 390 g/mol. The van der Waals surface area contributed by atoms with E-state index in [0.717, 1.165) is 24.1 Å². The van der Waals surface area contributed by atoms with Crippen LogP contribution in [-0.4, -0.2) is 27.8 Å². The van der Waals surface area contributed by atoms with E-state index in [1.165, 1.54) is 11.8 Å². The van der Waals surface area contributed by atoms with E-state index in [-0.39, 0.29) is 23.4 Å². The Morgan fingerprint density at radius 3 is 2.83 bits per heavy atom. The first-order chi connectivity index (χ1) is 14.0. The first kappa shape index (κ1) is 18.3. The maximum atomic E-state index is 13.1. The number of carbonyl (C=O) groups is 1. The molecule has 3 heterocycles. The van der Waals surface area contributed by atoms with Crippen LogP contribution < -0.4 is 20.3 Å². The normalized spacial score (nSPS) is 19.8. The Kier molecular flexibility index (Phi) is 4.38. The molecule has 7 nitrogen and oxygen atoms in total. The van der Waals surface area contributed by atoms with E-state index in [1.807, 2.05) is 32.0 Å². The number of aromatic amines is 1. The van der Waals surface area contributed by atoms with Gasteiger partial charge in [-0.25, -0.2) is 4.98 Å². The van der Waals surface area contributed by atoms with Gasteiger partial charge in [0.2, 0.25) is 6.79 Å². The third-order valence-corrected chi connectivity index (χ3v) is 6.20. The molecule has 1 atom stereocenters. The van der Waals surface area contributed by atoms with Crippen molar-refractivity contribution >= 4 is 23.4 Å². The van der Waals surface area contributed by atoms with Crippen molar-refractivity contribution in [3.63, 3.8) is 0 Å². The van der Waals surface area contributed by atoms with Crippen molar-refractivity contribution in [1.29, 1.82) is 0 Å². The lowest BCUT2D eigenvalue weighted by molar-refractivity contribution is -0.116. The number of nitrogens with zero attached hydrogens (tertiary/aromatic N) is 1.